The number of para-hydroxylation sites is 1. The Kier molecular flexibility index (Phi) is 4.77. The number of pyridine rings is 1. The average Bonchev–Trinajstić information content (AvgIpc) is 3.06. The van der Waals surface area contributed by atoms with Crippen molar-refractivity contribution >= 4 is 15.9 Å². The summed E-state index contributed by atoms with van der Waals surface area (Å²) in [7, 11) is -0.673. The van der Waals surface area contributed by atoms with Crippen molar-refractivity contribution in [3.63, 3.8) is 0 Å². The zero-order valence-electron chi connectivity index (χ0n) is 13.7. The average molecular weight is 359 g/mol. The van der Waals surface area contributed by atoms with Gasteiger partial charge in [0.05, 0.1) is 12.1 Å². The van der Waals surface area contributed by atoms with Crippen molar-refractivity contribution in [1.82, 2.24) is 19.4 Å². The summed E-state index contributed by atoms with van der Waals surface area (Å²) in [5.41, 5.74) is 1.95. The van der Waals surface area contributed by atoms with Gasteiger partial charge in [-0.2, -0.15) is 17.7 Å². The predicted molar refractivity (Wildman–Crippen MR) is 93.0 cm³/mol. The summed E-state index contributed by atoms with van der Waals surface area (Å²) in [4.78, 5) is 8.37. The zero-order valence-corrected chi connectivity index (χ0v) is 14.6. The molecule has 0 amide bonds. The monoisotopic (exact) mass is 359 g/mol. The van der Waals surface area contributed by atoms with E-state index >= 15 is 0 Å². The van der Waals surface area contributed by atoms with Crippen LogP contribution in [0.15, 0.2) is 53.3 Å². The first-order valence-corrected chi connectivity index (χ1v) is 8.91. The molecule has 0 saturated heterocycles. The molecule has 8 nitrogen and oxygen atoms in total. The van der Waals surface area contributed by atoms with E-state index in [1.807, 2.05) is 18.2 Å². The standard InChI is InChI=1S/C16H17N5O3S/c1-21(2)25(22,23)20-14-8-4-3-6-12(14)10-15-18-16(19-24-15)13-7-5-9-17-11-13/h3-9,11,20H,10H2,1-2H3. The van der Waals surface area contributed by atoms with Crippen LogP contribution in [0.2, 0.25) is 0 Å². The van der Waals surface area contributed by atoms with Gasteiger partial charge in [0.2, 0.25) is 11.7 Å². The lowest BCUT2D eigenvalue weighted by atomic mass is 10.1. The van der Waals surface area contributed by atoms with Gasteiger partial charge < -0.3 is 4.52 Å². The fraction of sp³-hybridized carbons (Fsp3) is 0.188. The molecule has 0 bridgehead atoms. The van der Waals surface area contributed by atoms with Crippen molar-refractivity contribution in [2.75, 3.05) is 18.8 Å². The second kappa shape index (κ2) is 6.99. The molecule has 1 aromatic carbocycles. The molecule has 2 aromatic heterocycles. The largest absolute Gasteiger partial charge is 0.339 e. The van der Waals surface area contributed by atoms with Crippen LogP contribution in [0.3, 0.4) is 0 Å². The van der Waals surface area contributed by atoms with Crippen molar-refractivity contribution < 1.29 is 12.9 Å². The third-order valence-corrected chi connectivity index (χ3v) is 4.91. The van der Waals surface area contributed by atoms with E-state index in [9.17, 15) is 8.42 Å². The minimum Gasteiger partial charge on any atom is -0.339 e. The molecular weight excluding hydrogens is 342 g/mol. The van der Waals surface area contributed by atoms with Gasteiger partial charge in [-0.25, -0.2) is 0 Å². The second-order valence-corrected chi connectivity index (χ2v) is 7.36. The van der Waals surface area contributed by atoms with Crippen LogP contribution in [0, 0.1) is 0 Å². The minimum absolute atomic E-state index is 0.305. The van der Waals surface area contributed by atoms with Crippen molar-refractivity contribution in [2.24, 2.45) is 0 Å². The van der Waals surface area contributed by atoms with Crippen LogP contribution < -0.4 is 4.72 Å². The van der Waals surface area contributed by atoms with Gasteiger partial charge in [0, 0.05) is 32.1 Å². The first-order valence-electron chi connectivity index (χ1n) is 7.47. The lowest BCUT2D eigenvalue weighted by molar-refractivity contribution is 0.386. The number of rotatable bonds is 6. The smallest absolute Gasteiger partial charge is 0.301 e. The van der Waals surface area contributed by atoms with E-state index in [-0.39, 0.29) is 0 Å². The van der Waals surface area contributed by atoms with Crippen LogP contribution in [0.4, 0.5) is 5.69 Å². The molecule has 0 aliphatic rings. The zero-order chi connectivity index (χ0) is 17.9. The highest BCUT2D eigenvalue weighted by Crippen LogP contribution is 2.21. The van der Waals surface area contributed by atoms with Crippen molar-refractivity contribution in [2.45, 2.75) is 6.42 Å². The molecule has 25 heavy (non-hydrogen) atoms. The van der Waals surface area contributed by atoms with Crippen LogP contribution in [-0.2, 0) is 16.6 Å². The van der Waals surface area contributed by atoms with Crippen molar-refractivity contribution in [1.29, 1.82) is 0 Å². The van der Waals surface area contributed by atoms with E-state index < -0.39 is 10.2 Å². The highest BCUT2D eigenvalue weighted by Gasteiger charge is 2.17. The number of aromatic nitrogens is 3. The predicted octanol–water partition coefficient (Wildman–Crippen LogP) is 1.94. The second-order valence-electron chi connectivity index (χ2n) is 5.48. The molecule has 1 N–H and O–H groups in total. The van der Waals surface area contributed by atoms with Gasteiger partial charge in [0.1, 0.15) is 0 Å². The van der Waals surface area contributed by atoms with Crippen LogP contribution in [0.1, 0.15) is 11.5 Å². The van der Waals surface area contributed by atoms with E-state index in [0.717, 1.165) is 15.4 Å². The number of hydrogen-bond donors (Lipinski definition) is 1. The third-order valence-electron chi connectivity index (χ3n) is 3.47. The van der Waals surface area contributed by atoms with Crippen molar-refractivity contribution in [3.05, 3.63) is 60.2 Å². The molecule has 0 spiro atoms. The lowest BCUT2D eigenvalue weighted by Gasteiger charge is -2.15. The number of hydrogen-bond acceptors (Lipinski definition) is 6. The van der Waals surface area contributed by atoms with Crippen LogP contribution >= 0.6 is 0 Å². The molecule has 3 rings (SSSR count). The Hall–Kier alpha value is -2.78. The molecule has 0 atom stereocenters. The van der Waals surface area contributed by atoms with Gasteiger partial charge in [-0.05, 0) is 23.8 Å². The molecule has 3 aromatic rings. The SMILES string of the molecule is CN(C)S(=O)(=O)Nc1ccccc1Cc1nc(-c2cccnc2)no1. The third kappa shape index (κ3) is 4.01. The molecule has 130 valence electrons. The highest BCUT2D eigenvalue weighted by molar-refractivity contribution is 7.90. The van der Waals surface area contributed by atoms with E-state index in [1.54, 1.807) is 30.6 Å². The normalized spacial score (nSPS) is 11.6. The summed E-state index contributed by atoms with van der Waals surface area (Å²) in [5, 5.41) is 3.94. The summed E-state index contributed by atoms with van der Waals surface area (Å²) in [6.07, 6.45) is 3.62. The molecule has 0 aliphatic carbocycles. The Morgan fingerprint density at radius 2 is 1.96 bits per heavy atom. The summed E-state index contributed by atoms with van der Waals surface area (Å²) in [6.45, 7) is 0. The number of anilines is 1. The van der Waals surface area contributed by atoms with Crippen LogP contribution in [0.5, 0.6) is 0 Å². The Bertz CT molecular complexity index is 955. The minimum atomic E-state index is -3.60. The molecular formula is C16H17N5O3S. The Balaban J connectivity index is 1.84. The van der Waals surface area contributed by atoms with Gasteiger partial charge in [-0.1, -0.05) is 23.4 Å². The van der Waals surface area contributed by atoms with Gasteiger partial charge in [0.15, 0.2) is 0 Å². The van der Waals surface area contributed by atoms with E-state index in [4.69, 9.17) is 4.52 Å². The maximum absolute atomic E-state index is 12.0. The van der Waals surface area contributed by atoms with E-state index in [1.165, 1.54) is 14.1 Å². The van der Waals surface area contributed by atoms with Gasteiger partial charge in [-0.15, -0.1) is 0 Å². The fourth-order valence-corrected chi connectivity index (χ4v) is 2.77. The van der Waals surface area contributed by atoms with Gasteiger partial charge in [-0.3, -0.25) is 9.71 Å². The number of nitrogens with one attached hydrogen (secondary N) is 1. The molecule has 0 aliphatic heterocycles. The number of nitrogens with zero attached hydrogens (tertiary/aromatic N) is 4. The Morgan fingerprint density at radius 1 is 1.16 bits per heavy atom. The molecule has 2 heterocycles. The molecule has 0 saturated carbocycles. The summed E-state index contributed by atoms with van der Waals surface area (Å²) < 4.78 is 33.0. The Labute approximate surface area is 145 Å². The number of benzene rings is 1. The van der Waals surface area contributed by atoms with Gasteiger partial charge in [0.25, 0.3) is 0 Å². The van der Waals surface area contributed by atoms with E-state index in [2.05, 4.69) is 19.8 Å². The maximum atomic E-state index is 12.0. The molecule has 9 heteroatoms. The van der Waals surface area contributed by atoms with E-state index in [0.29, 0.717) is 23.8 Å². The summed E-state index contributed by atoms with van der Waals surface area (Å²) in [5.74, 6) is 0.824. The first kappa shape index (κ1) is 17.1. The topological polar surface area (TPSA) is 101 Å². The highest BCUT2D eigenvalue weighted by atomic mass is 32.2. The van der Waals surface area contributed by atoms with Crippen molar-refractivity contribution in [3.8, 4) is 11.4 Å². The van der Waals surface area contributed by atoms with Gasteiger partial charge >= 0.3 is 10.2 Å². The lowest BCUT2D eigenvalue weighted by Crippen LogP contribution is -2.29. The fourth-order valence-electron chi connectivity index (χ4n) is 2.11. The summed E-state index contributed by atoms with van der Waals surface area (Å²) in [6, 6.07) is 10.7. The summed E-state index contributed by atoms with van der Waals surface area (Å²) >= 11 is 0. The van der Waals surface area contributed by atoms with Crippen LogP contribution in [0.25, 0.3) is 11.4 Å². The Morgan fingerprint density at radius 3 is 2.68 bits per heavy atom. The maximum Gasteiger partial charge on any atom is 0.301 e. The quantitative estimate of drug-likeness (QED) is 0.722. The molecule has 0 unspecified atom stereocenters. The van der Waals surface area contributed by atoms with Crippen LogP contribution in [-0.4, -0.2) is 41.9 Å². The molecule has 0 radical (unpaired) electrons. The molecule has 0 fully saturated rings. The first-order chi connectivity index (χ1) is 12.0.